The third-order valence-electron chi connectivity index (χ3n) is 2.13. The molecule has 0 unspecified atom stereocenters. The van der Waals surface area contributed by atoms with Gasteiger partial charge in [-0.3, -0.25) is 9.59 Å². The number of rotatable bonds is 7. The minimum Gasteiger partial charge on any atom is -0.481 e. The first-order valence-corrected chi connectivity index (χ1v) is 6.83. The number of aliphatic carboxylic acids is 1. The molecule has 1 aromatic carbocycles. The zero-order chi connectivity index (χ0) is 15.9. The van der Waals surface area contributed by atoms with Gasteiger partial charge in [0, 0.05) is 12.1 Å². The Kier molecular flexibility index (Phi) is 6.35. The maximum atomic E-state index is 12.2. The number of ether oxygens (including phenoxy) is 1. The van der Waals surface area contributed by atoms with Gasteiger partial charge in [-0.15, -0.1) is 24.9 Å². The van der Waals surface area contributed by atoms with Gasteiger partial charge in [0.2, 0.25) is 5.91 Å². The number of carboxylic acids is 1. The summed E-state index contributed by atoms with van der Waals surface area (Å²) >= 11 is 0.896. The molecule has 0 aliphatic carbocycles. The van der Waals surface area contributed by atoms with Crippen LogP contribution in [0.15, 0.2) is 24.3 Å². The van der Waals surface area contributed by atoms with Gasteiger partial charge in [0.05, 0.1) is 11.5 Å². The third kappa shape index (κ3) is 7.45. The zero-order valence-electron chi connectivity index (χ0n) is 10.6. The van der Waals surface area contributed by atoms with Crippen LogP contribution in [0.1, 0.15) is 5.56 Å². The van der Waals surface area contributed by atoms with Crippen molar-refractivity contribution in [3.05, 3.63) is 29.8 Å². The fourth-order valence-corrected chi connectivity index (χ4v) is 1.91. The van der Waals surface area contributed by atoms with Crippen LogP contribution < -0.4 is 10.1 Å². The molecule has 1 aromatic rings. The molecule has 0 fully saturated rings. The number of carbonyl (C=O) groups excluding carboxylic acids is 1. The first-order valence-electron chi connectivity index (χ1n) is 5.68. The van der Waals surface area contributed by atoms with Crippen LogP contribution in [0.25, 0.3) is 0 Å². The summed E-state index contributed by atoms with van der Waals surface area (Å²) in [5.41, 5.74) is 0.173. The lowest BCUT2D eigenvalue weighted by molar-refractivity contribution is -0.274. The lowest BCUT2D eigenvalue weighted by Gasteiger charge is -2.13. The number of para-hydroxylation sites is 1. The third-order valence-corrected chi connectivity index (χ3v) is 3.05. The molecule has 0 spiro atoms. The van der Waals surface area contributed by atoms with Gasteiger partial charge in [-0.25, -0.2) is 0 Å². The van der Waals surface area contributed by atoms with Crippen LogP contribution in [0.5, 0.6) is 5.75 Å². The minimum atomic E-state index is -4.81. The summed E-state index contributed by atoms with van der Waals surface area (Å²) in [6.45, 7) is -0.140. The molecule has 0 saturated heterocycles. The Morgan fingerprint density at radius 1 is 1.24 bits per heavy atom. The van der Waals surface area contributed by atoms with Gasteiger partial charge in [-0.2, -0.15) is 0 Å². The molecule has 1 rings (SSSR count). The summed E-state index contributed by atoms with van der Waals surface area (Å²) < 4.78 is 40.4. The van der Waals surface area contributed by atoms with E-state index in [4.69, 9.17) is 5.11 Å². The van der Waals surface area contributed by atoms with Crippen LogP contribution in [-0.4, -0.2) is 34.9 Å². The quantitative estimate of drug-likeness (QED) is 0.803. The molecule has 0 bridgehead atoms. The van der Waals surface area contributed by atoms with Crippen LogP contribution in [-0.2, 0) is 16.1 Å². The van der Waals surface area contributed by atoms with Crippen molar-refractivity contribution >= 4 is 23.6 Å². The van der Waals surface area contributed by atoms with Crippen molar-refractivity contribution in [2.75, 3.05) is 11.5 Å². The molecule has 21 heavy (non-hydrogen) atoms. The van der Waals surface area contributed by atoms with Crippen LogP contribution in [0.3, 0.4) is 0 Å². The van der Waals surface area contributed by atoms with Gasteiger partial charge in [-0.05, 0) is 6.07 Å². The summed E-state index contributed by atoms with van der Waals surface area (Å²) in [5.74, 6) is -2.21. The van der Waals surface area contributed by atoms with Gasteiger partial charge in [0.1, 0.15) is 5.75 Å². The monoisotopic (exact) mass is 323 g/mol. The van der Waals surface area contributed by atoms with Crippen LogP contribution in [0.2, 0.25) is 0 Å². The molecule has 5 nitrogen and oxygen atoms in total. The van der Waals surface area contributed by atoms with Gasteiger partial charge >= 0.3 is 12.3 Å². The molecule has 0 aliphatic rings. The van der Waals surface area contributed by atoms with E-state index in [1.807, 2.05) is 0 Å². The molecule has 0 saturated carbocycles. The van der Waals surface area contributed by atoms with E-state index in [1.165, 1.54) is 18.2 Å². The molecule has 0 atom stereocenters. The fraction of sp³-hybridized carbons (Fsp3) is 0.333. The maximum absolute atomic E-state index is 12.2. The SMILES string of the molecule is O=C(O)CSCC(=O)NCc1ccccc1OC(F)(F)F. The van der Waals surface area contributed by atoms with E-state index >= 15 is 0 Å². The first-order chi connectivity index (χ1) is 9.78. The fourth-order valence-electron chi connectivity index (χ4n) is 1.35. The van der Waals surface area contributed by atoms with Crippen LogP contribution in [0.4, 0.5) is 13.2 Å². The van der Waals surface area contributed by atoms with Gasteiger partial charge in [-0.1, -0.05) is 18.2 Å². The number of alkyl halides is 3. The van der Waals surface area contributed by atoms with Crippen molar-refractivity contribution < 1.29 is 32.6 Å². The Labute approximate surface area is 122 Å². The highest BCUT2D eigenvalue weighted by Crippen LogP contribution is 2.26. The summed E-state index contributed by atoms with van der Waals surface area (Å²) in [7, 11) is 0. The Hall–Kier alpha value is -1.90. The topological polar surface area (TPSA) is 75.6 Å². The number of nitrogens with one attached hydrogen (secondary N) is 1. The number of carboxylic acid groups (broad SMARTS) is 1. The summed E-state index contributed by atoms with van der Waals surface area (Å²) in [6, 6.07) is 5.44. The number of halogens is 3. The van der Waals surface area contributed by atoms with Crippen LogP contribution >= 0.6 is 11.8 Å². The predicted octanol–water partition coefficient (Wildman–Crippen LogP) is 2.02. The lowest BCUT2D eigenvalue weighted by atomic mass is 10.2. The number of benzene rings is 1. The highest BCUT2D eigenvalue weighted by atomic mass is 32.2. The second-order valence-electron chi connectivity index (χ2n) is 3.82. The van der Waals surface area contributed by atoms with E-state index in [1.54, 1.807) is 0 Å². The molecule has 116 valence electrons. The smallest absolute Gasteiger partial charge is 0.481 e. The van der Waals surface area contributed by atoms with Gasteiger partial charge in [0.15, 0.2) is 0 Å². The number of hydrogen-bond acceptors (Lipinski definition) is 4. The first kappa shape index (κ1) is 17.2. The van der Waals surface area contributed by atoms with E-state index in [-0.39, 0.29) is 29.4 Å². The van der Waals surface area contributed by atoms with E-state index in [2.05, 4.69) is 10.1 Å². The molecular formula is C12H12F3NO4S. The number of hydrogen-bond donors (Lipinski definition) is 2. The molecular weight excluding hydrogens is 311 g/mol. The zero-order valence-corrected chi connectivity index (χ0v) is 11.5. The minimum absolute atomic E-state index is 0.0887. The molecule has 0 heterocycles. The Balaban J connectivity index is 2.51. The number of thioether (sulfide) groups is 1. The largest absolute Gasteiger partial charge is 0.573 e. The van der Waals surface area contributed by atoms with E-state index < -0.39 is 18.2 Å². The lowest BCUT2D eigenvalue weighted by Crippen LogP contribution is -2.26. The Bertz CT molecular complexity index is 508. The highest BCUT2D eigenvalue weighted by molar-refractivity contribution is 8.00. The molecule has 2 N–H and O–H groups in total. The molecule has 1 amide bonds. The standard InChI is InChI=1S/C12H12F3NO4S/c13-12(14,15)20-9-4-2-1-3-8(9)5-16-10(17)6-21-7-11(18)19/h1-4H,5-7H2,(H,16,17)(H,18,19). The van der Waals surface area contributed by atoms with Gasteiger partial charge < -0.3 is 15.2 Å². The van der Waals surface area contributed by atoms with Crippen LogP contribution in [0, 0.1) is 0 Å². The van der Waals surface area contributed by atoms with Crippen molar-refractivity contribution in [2.24, 2.45) is 0 Å². The molecule has 0 radical (unpaired) electrons. The Morgan fingerprint density at radius 3 is 2.52 bits per heavy atom. The predicted molar refractivity (Wildman–Crippen MR) is 69.9 cm³/mol. The number of amides is 1. The second-order valence-corrected chi connectivity index (χ2v) is 4.80. The average Bonchev–Trinajstić information content (AvgIpc) is 2.35. The van der Waals surface area contributed by atoms with Crippen molar-refractivity contribution in [3.8, 4) is 5.75 Å². The molecule has 0 aromatic heterocycles. The highest BCUT2D eigenvalue weighted by Gasteiger charge is 2.31. The average molecular weight is 323 g/mol. The Morgan fingerprint density at radius 2 is 1.90 bits per heavy atom. The van der Waals surface area contributed by atoms with E-state index in [9.17, 15) is 22.8 Å². The molecule has 0 aliphatic heterocycles. The summed E-state index contributed by atoms with van der Waals surface area (Å²) in [4.78, 5) is 21.7. The molecule has 9 heteroatoms. The van der Waals surface area contributed by atoms with Crippen molar-refractivity contribution in [3.63, 3.8) is 0 Å². The maximum Gasteiger partial charge on any atom is 0.573 e. The van der Waals surface area contributed by atoms with Gasteiger partial charge in [0.25, 0.3) is 0 Å². The van der Waals surface area contributed by atoms with Crippen molar-refractivity contribution in [1.29, 1.82) is 0 Å². The normalized spacial score (nSPS) is 11.0. The van der Waals surface area contributed by atoms with Crippen molar-refractivity contribution in [1.82, 2.24) is 5.32 Å². The van der Waals surface area contributed by atoms with Crippen molar-refractivity contribution in [2.45, 2.75) is 12.9 Å². The number of carbonyl (C=O) groups is 2. The summed E-state index contributed by atoms with van der Waals surface area (Å²) in [5, 5.41) is 10.8. The van der Waals surface area contributed by atoms with E-state index in [0.29, 0.717) is 0 Å². The second kappa shape index (κ2) is 7.77. The van der Waals surface area contributed by atoms with E-state index in [0.717, 1.165) is 17.8 Å². The summed E-state index contributed by atoms with van der Waals surface area (Å²) in [6.07, 6.45) is -4.81.